The Kier molecular flexibility index (Phi) is 2.35. The highest BCUT2D eigenvalue weighted by molar-refractivity contribution is 5.85. The van der Waals surface area contributed by atoms with Crippen molar-refractivity contribution < 1.29 is 4.79 Å². The molecule has 0 spiro atoms. The smallest absolute Gasteiger partial charge is 0.214 e. The molecule has 1 amide bonds. The molecule has 2 rings (SSSR count). The molecule has 1 aromatic carbocycles. The molecule has 0 radical (unpaired) electrons. The van der Waals surface area contributed by atoms with E-state index in [0.29, 0.717) is 0 Å². The zero-order chi connectivity index (χ0) is 9.97. The molecule has 1 aliphatic heterocycles. The molecule has 0 saturated heterocycles. The number of benzene rings is 1. The van der Waals surface area contributed by atoms with Gasteiger partial charge in [-0.25, -0.2) is 0 Å². The summed E-state index contributed by atoms with van der Waals surface area (Å²) < 4.78 is 0. The summed E-state index contributed by atoms with van der Waals surface area (Å²) in [6, 6.07) is 7.98. The van der Waals surface area contributed by atoms with Gasteiger partial charge in [-0.2, -0.15) is 0 Å². The van der Waals surface area contributed by atoms with E-state index in [-0.39, 0.29) is 0 Å². The Morgan fingerprint density at radius 3 is 2.93 bits per heavy atom. The molecule has 1 heterocycles. The molecule has 14 heavy (non-hydrogen) atoms. The molecule has 0 fully saturated rings. The first-order valence-corrected chi connectivity index (χ1v) is 4.85. The van der Waals surface area contributed by atoms with Crippen LogP contribution in [-0.4, -0.2) is 13.0 Å². The lowest BCUT2D eigenvalue weighted by atomic mass is 10.0. The molecule has 2 heteroatoms. The summed E-state index contributed by atoms with van der Waals surface area (Å²) in [7, 11) is 0. The van der Waals surface area contributed by atoms with Crippen molar-refractivity contribution in [1.29, 1.82) is 0 Å². The number of amides is 1. The summed E-state index contributed by atoms with van der Waals surface area (Å²) in [5.41, 5.74) is 3.46. The lowest BCUT2D eigenvalue weighted by Gasteiger charge is -2.25. The first-order chi connectivity index (χ1) is 6.85. The van der Waals surface area contributed by atoms with Crippen molar-refractivity contribution in [3.63, 3.8) is 0 Å². The molecule has 1 aliphatic rings. The van der Waals surface area contributed by atoms with Gasteiger partial charge < -0.3 is 4.90 Å². The fourth-order valence-electron chi connectivity index (χ4n) is 1.75. The Morgan fingerprint density at radius 2 is 2.21 bits per heavy atom. The average Bonchev–Trinajstić information content (AvgIpc) is 2.27. The molecule has 0 unspecified atom stereocenters. The van der Waals surface area contributed by atoms with Crippen LogP contribution in [0.3, 0.4) is 0 Å². The van der Waals surface area contributed by atoms with Crippen LogP contribution in [0.2, 0.25) is 0 Å². The predicted octanol–water partition coefficient (Wildman–Crippen LogP) is 2.46. The van der Waals surface area contributed by atoms with Crippen LogP contribution in [0.15, 0.2) is 29.8 Å². The summed E-state index contributed by atoms with van der Waals surface area (Å²) in [5, 5.41) is 0. The van der Waals surface area contributed by atoms with Gasteiger partial charge in [0.25, 0.3) is 0 Å². The third-order valence-electron chi connectivity index (χ3n) is 2.56. The predicted molar refractivity (Wildman–Crippen MR) is 58.1 cm³/mol. The van der Waals surface area contributed by atoms with Crippen molar-refractivity contribution >= 4 is 18.2 Å². The van der Waals surface area contributed by atoms with Crippen molar-refractivity contribution in [3.8, 4) is 0 Å². The van der Waals surface area contributed by atoms with Gasteiger partial charge in [-0.15, -0.1) is 0 Å². The SMILES string of the molecule is CCC1=Cc2ccccc2N(C=O)C1. The third-order valence-corrected chi connectivity index (χ3v) is 2.56. The minimum absolute atomic E-state index is 0.733. The Labute approximate surface area is 83.8 Å². The van der Waals surface area contributed by atoms with E-state index in [1.165, 1.54) is 5.57 Å². The zero-order valence-electron chi connectivity index (χ0n) is 8.23. The summed E-state index contributed by atoms with van der Waals surface area (Å²) in [6.45, 7) is 2.85. The maximum absolute atomic E-state index is 10.9. The summed E-state index contributed by atoms with van der Waals surface area (Å²) in [4.78, 5) is 12.6. The van der Waals surface area contributed by atoms with Gasteiger partial charge in [-0.3, -0.25) is 4.79 Å². The lowest BCUT2D eigenvalue weighted by molar-refractivity contribution is -0.107. The van der Waals surface area contributed by atoms with Crippen molar-refractivity contribution in [1.82, 2.24) is 0 Å². The number of anilines is 1. The molecular weight excluding hydrogens is 174 g/mol. The highest BCUT2D eigenvalue weighted by atomic mass is 16.1. The van der Waals surface area contributed by atoms with Crippen LogP contribution in [0.1, 0.15) is 18.9 Å². The highest BCUT2D eigenvalue weighted by Crippen LogP contribution is 2.28. The van der Waals surface area contributed by atoms with Crippen LogP contribution >= 0.6 is 0 Å². The van der Waals surface area contributed by atoms with Crippen molar-refractivity contribution in [3.05, 3.63) is 35.4 Å². The quantitative estimate of drug-likeness (QED) is 0.651. The maximum atomic E-state index is 10.9. The van der Waals surface area contributed by atoms with E-state index in [9.17, 15) is 4.79 Å². The Hall–Kier alpha value is -1.57. The molecule has 72 valence electrons. The number of carbonyl (C=O) groups is 1. The zero-order valence-corrected chi connectivity index (χ0v) is 8.23. The lowest BCUT2D eigenvalue weighted by Crippen LogP contribution is -2.26. The molecule has 0 saturated carbocycles. The molecule has 2 nitrogen and oxygen atoms in total. The standard InChI is InChI=1S/C12H13NO/c1-2-10-7-11-5-3-4-6-12(11)13(8-10)9-14/h3-7,9H,2,8H2,1H3. The third kappa shape index (κ3) is 1.43. The number of rotatable bonds is 2. The topological polar surface area (TPSA) is 20.3 Å². The normalized spacial score (nSPS) is 14.6. The van der Waals surface area contributed by atoms with Gasteiger partial charge in [-0.05, 0) is 18.1 Å². The number of hydrogen-bond donors (Lipinski definition) is 0. The van der Waals surface area contributed by atoms with Gasteiger partial charge in [0.05, 0.1) is 5.69 Å². The van der Waals surface area contributed by atoms with Gasteiger partial charge in [0.15, 0.2) is 0 Å². The molecular formula is C12H13NO. The number of carbonyl (C=O) groups excluding carboxylic acids is 1. The van der Waals surface area contributed by atoms with E-state index in [4.69, 9.17) is 0 Å². The van der Waals surface area contributed by atoms with Gasteiger partial charge in [-0.1, -0.05) is 36.8 Å². The van der Waals surface area contributed by atoms with Gasteiger partial charge in [0.1, 0.15) is 0 Å². The van der Waals surface area contributed by atoms with Crippen LogP contribution < -0.4 is 4.90 Å². The number of nitrogens with zero attached hydrogens (tertiary/aromatic N) is 1. The minimum Gasteiger partial charge on any atom is -0.310 e. The van der Waals surface area contributed by atoms with Gasteiger partial charge in [0.2, 0.25) is 6.41 Å². The van der Waals surface area contributed by atoms with Crippen LogP contribution in [0.25, 0.3) is 6.08 Å². The monoisotopic (exact) mass is 187 g/mol. The number of para-hydroxylation sites is 1. The summed E-state index contributed by atoms with van der Waals surface area (Å²) in [6.07, 6.45) is 4.08. The maximum Gasteiger partial charge on any atom is 0.214 e. The second-order valence-corrected chi connectivity index (χ2v) is 3.45. The van der Waals surface area contributed by atoms with E-state index < -0.39 is 0 Å². The van der Waals surface area contributed by atoms with Gasteiger partial charge >= 0.3 is 0 Å². The van der Waals surface area contributed by atoms with Crippen LogP contribution in [0, 0.1) is 0 Å². The van der Waals surface area contributed by atoms with E-state index >= 15 is 0 Å². The van der Waals surface area contributed by atoms with E-state index in [1.807, 2.05) is 24.3 Å². The molecule has 1 aromatic rings. The fraction of sp³-hybridized carbons (Fsp3) is 0.250. The second-order valence-electron chi connectivity index (χ2n) is 3.45. The summed E-state index contributed by atoms with van der Waals surface area (Å²) in [5.74, 6) is 0. The second kappa shape index (κ2) is 3.66. The van der Waals surface area contributed by atoms with Crippen LogP contribution in [0.5, 0.6) is 0 Å². The van der Waals surface area contributed by atoms with Crippen molar-refractivity contribution in [2.75, 3.05) is 11.4 Å². The number of hydrogen-bond acceptors (Lipinski definition) is 1. The van der Waals surface area contributed by atoms with Crippen molar-refractivity contribution in [2.24, 2.45) is 0 Å². The number of fused-ring (bicyclic) bond motifs is 1. The van der Waals surface area contributed by atoms with Crippen LogP contribution in [-0.2, 0) is 4.79 Å². The molecule has 0 aromatic heterocycles. The first-order valence-electron chi connectivity index (χ1n) is 4.85. The van der Waals surface area contributed by atoms with Crippen LogP contribution in [0.4, 0.5) is 5.69 Å². The Balaban J connectivity index is 2.48. The molecule has 0 N–H and O–H groups in total. The molecule has 0 atom stereocenters. The minimum atomic E-state index is 0.733. The van der Waals surface area contributed by atoms with Gasteiger partial charge in [0, 0.05) is 6.54 Å². The Morgan fingerprint density at radius 1 is 1.43 bits per heavy atom. The van der Waals surface area contributed by atoms with E-state index in [0.717, 1.165) is 30.6 Å². The van der Waals surface area contributed by atoms with E-state index in [1.54, 1.807) is 4.90 Å². The average molecular weight is 187 g/mol. The summed E-state index contributed by atoms with van der Waals surface area (Å²) >= 11 is 0. The Bertz CT molecular complexity index is 382. The highest BCUT2D eigenvalue weighted by Gasteiger charge is 2.15. The van der Waals surface area contributed by atoms with Crippen molar-refractivity contribution in [2.45, 2.75) is 13.3 Å². The largest absolute Gasteiger partial charge is 0.310 e. The fourth-order valence-corrected chi connectivity index (χ4v) is 1.75. The first kappa shape index (κ1) is 9.00. The molecule has 0 aliphatic carbocycles. The van der Waals surface area contributed by atoms with E-state index in [2.05, 4.69) is 13.0 Å². The molecule has 0 bridgehead atoms.